The monoisotopic (exact) mass is 301 g/mol. The van der Waals surface area contributed by atoms with Crippen LogP contribution in [-0.4, -0.2) is 19.6 Å². The summed E-state index contributed by atoms with van der Waals surface area (Å²) in [5.74, 6) is 1.29. The first-order chi connectivity index (χ1) is 11.3. The zero-order chi connectivity index (χ0) is 15.6. The highest BCUT2D eigenvalue weighted by molar-refractivity contribution is 5.85. The molecule has 23 heavy (non-hydrogen) atoms. The summed E-state index contributed by atoms with van der Waals surface area (Å²) >= 11 is 0. The van der Waals surface area contributed by atoms with Gasteiger partial charge >= 0.3 is 0 Å². The van der Waals surface area contributed by atoms with E-state index in [1.54, 1.807) is 22.8 Å². The fourth-order valence-corrected chi connectivity index (χ4v) is 2.43. The Balaban J connectivity index is 1.67. The molecule has 0 spiro atoms. The Morgan fingerprint density at radius 1 is 1.09 bits per heavy atom. The molecule has 0 bridgehead atoms. The predicted octanol–water partition coefficient (Wildman–Crippen LogP) is 2.73. The summed E-state index contributed by atoms with van der Waals surface area (Å²) in [6, 6.07) is 15.2. The van der Waals surface area contributed by atoms with Crippen LogP contribution in [-0.2, 0) is 6.61 Å². The van der Waals surface area contributed by atoms with Gasteiger partial charge in [0, 0.05) is 6.20 Å². The van der Waals surface area contributed by atoms with Crippen LogP contribution < -0.4 is 4.74 Å². The molecule has 6 heteroatoms. The number of aromatic nitrogens is 4. The summed E-state index contributed by atoms with van der Waals surface area (Å²) in [5.41, 5.74) is 2.53. The van der Waals surface area contributed by atoms with Gasteiger partial charge in [-0.2, -0.15) is 19.9 Å². The lowest BCUT2D eigenvalue weighted by atomic mass is 10.1. The molecule has 4 rings (SSSR count). The van der Waals surface area contributed by atoms with Crippen LogP contribution in [0, 0.1) is 11.3 Å². The Hall–Kier alpha value is -3.46. The molecule has 110 valence electrons. The number of nitriles is 1. The number of ether oxygens (including phenoxy) is 1. The molecule has 0 aliphatic rings. The fourth-order valence-electron chi connectivity index (χ4n) is 2.43. The molecule has 0 N–H and O–H groups in total. The molecule has 0 saturated heterocycles. The molecule has 2 heterocycles. The maximum absolute atomic E-state index is 8.82. The molecule has 2 aromatic carbocycles. The van der Waals surface area contributed by atoms with Crippen molar-refractivity contribution in [1.29, 1.82) is 5.26 Å². The zero-order valence-electron chi connectivity index (χ0n) is 12.0. The molecule has 6 nitrogen and oxygen atoms in total. The van der Waals surface area contributed by atoms with Crippen LogP contribution in [0.4, 0.5) is 0 Å². The van der Waals surface area contributed by atoms with E-state index in [0.29, 0.717) is 17.9 Å². The van der Waals surface area contributed by atoms with E-state index in [0.717, 1.165) is 22.2 Å². The van der Waals surface area contributed by atoms with Gasteiger partial charge in [0.15, 0.2) is 0 Å². The van der Waals surface area contributed by atoms with Crippen molar-refractivity contribution in [3.63, 3.8) is 0 Å². The van der Waals surface area contributed by atoms with Crippen LogP contribution >= 0.6 is 0 Å². The van der Waals surface area contributed by atoms with E-state index in [9.17, 15) is 0 Å². The van der Waals surface area contributed by atoms with Gasteiger partial charge in [-0.3, -0.25) is 0 Å². The molecule has 0 amide bonds. The summed E-state index contributed by atoms with van der Waals surface area (Å²) in [7, 11) is 0. The molecule has 0 saturated carbocycles. The Morgan fingerprint density at radius 3 is 2.78 bits per heavy atom. The van der Waals surface area contributed by atoms with E-state index in [4.69, 9.17) is 10.00 Å². The maximum Gasteiger partial charge on any atom is 0.252 e. The largest absolute Gasteiger partial charge is 0.488 e. The minimum Gasteiger partial charge on any atom is -0.488 e. The van der Waals surface area contributed by atoms with E-state index in [-0.39, 0.29) is 0 Å². The summed E-state index contributed by atoms with van der Waals surface area (Å²) in [5, 5.41) is 13.9. The number of rotatable bonds is 3. The van der Waals surface area contributed by atoms with Gasteiger partial charge in [0.1, 0.15) is 18.7 Å². The highest BCUT2D eigenvalue weighted by Gasteiger charge is 2.08. The first-order valence-electron chi connectivity index (χ1n) is 7.04. The second kappa shape index (κ2) is 5.39. The lowest BCUT2D eigenvalue weighted by Crippen LogP contribution is -1.99. The van der Waals surface area contributed by atoms with Crippen LogP contribution in [0.1, 0.15) is 11.1 Å². The summed E-state index contributed by atoms with van der Waals surface area (Å²) in [4.78, 5) is 8.36. The summed E-state index contributed by atoms with van der Waals surface area (Å²) in [6.07, 6.45) is 3.22. The molecular formula is C17H11N5O. The van der Waals surface area contributed by atoms with Gasteiger partial charge in [-0.25, -0.2) is 4.98 Å². The Labute approximate surface area is 131 Å². The Kier molecular flexibility index (Phi) is 3.10. The standard InChI is InChI=1S/C17H11N5O/c18-8-12-4-6-13(7-5-12)10-23-16-3-1-2-15-14(16)9-19-17-20-11-21-22(15)17/h1-7,9,11H,10H2. The van der Waals surface area contributed by atoms with E-state index < -0.39 is 0 Å². The number of fused-ring (bicyclic) bond motifs is 3. The van der Waals surface area contributed by atoms with Crippen molar-refractivity contribution in [2.24, 2.45) is 0 Å². The number of hydrogen-bond donors (Lipinski definition) is 0. The summed E-state index contributed by atoms with van der Waals surface area (Å²) < 4.78 is 7.60. The van der Waals surface area contributed by atoms with Gasteiger partial charge in [0.25, 0.3) is 5.78 Å². The zero-order valence-corrected chi connectivity index (χ0v) is 12.0. The van der Waals surface area contributed by atoms with Crippen LogP contribution in [0.15, 0.2) is 55.0 Å². The maximum atomic E-state index is 8.82. The molecule has 4 aromatic rings. The van der Waals surface area contributed by atoms with E-state index in [1.807, 2.05) is 30.3 Å². The third-order valence-electron chi connectivity index (χ3n) is 3.59. The molecule has 0 unspecified atom stereocenters. The van der Waals surface area contributed by atoms with Gasteiger partial charge in [0.2, 0.25) is 0 Å². The van der Waals surface area contributed by atoms with Gasteiger partial charge in [0.05, 0.1) is 22.5 Å². The van der Waals surface area contributed by atoms with E-state index in [2.05, 4.69) is 21.1 Å². The third-order valence-corrected chi connectivity index (χ3v) is 3.59. The molecule has 0 atom stereocenters. The van der Waals surface area contributed by atoms with E-state index >= 15 is 0 Å². The molecule has 2 aromatic heterocycles. The van der Waals surface area contributed by atoms with Crippen molar-refractivity contribution < 1.29 is 4.74 Å². The SMILES string of the molecule is N#Cc1ccc(COc2cccc3c2cnc2ncnn23)cc1. The predicted molar refractivity (Wildman–Crippen MR) is 83.8 cm³/mol. The Bertz CT molecular complexity index is 1030. The molecule has 0 aliphatic carbocycles. The second-order valence-electron chi connectivity index (χ2n) is 5.02. The van der Waals surface area contributed by atoms with Gasteiger partial charge in [-0.05, 0) is 29.8 Å². The van der Waals surface area contributed by atoms with Crippen molar-refractivity contribution in [2.45, 2.75) is 6.61 Å². The summed E-state index contributed by atoms with van der Waals surface area (Å²) in [6.45, 7) is 0.417. The van der Waals surface area contributed by atoms with Crippen LogP contribution in [0.2, 0.25) is 0 Å². The highest BCUT2D eigenvalue weighted by Crippen LogP contribution is 2.25. The van der Waals surface area contributed by atoms with Crippen molar-refractivity contribution in [1.82, 2.24) is 19.6 Å². The molecule has 0 fully saturated rings. The minimum absolute atomic E-state index is 0.417. The van der Waals surface area contributed by atoms with Crippen LogP contribution in [0.5, 0.6) is 5.75 Å². The van der Waals surface area contributed by atoms with Gasteiger partial charge in [-0.15, -0.1) is 0 Å². The smallest absolute Gasteiger partial charge is 0.252 e. The first-order valence-corrected chi connectivity index (χ1v) is 7.04. The van der Waals surface area contributed by atoms with E-state index in [1.165, 1.54) is 6.33 Å². The number of benzene rings is 2. The first kappa shape index (κ1) is 13.2. The third kappa shape index (κ3) is 2.34. The quantitative estimate of drug-likeness (QED) is 0.581. The fraction of sp³-hybridized carbons (Fsp3) is 0.0588. The van der Waals surface area contributed by atoms with Gasteiger partial charge < -0.3 is 4.74 Å². The highest BCUT2D eigenvalue weighted by atomic mass is 16.5. The van der Waals surface area contributed by atoms with Crippen molar-refractivity contribution in [3.05, 3.63) is 66.1 Å². The molecular weight excluding hydrogens is 290 g/mol. The lowest BCUT2D eigenvalue weighted by molar-refractivity contribution is 0.310. The average Bonchev–Trinajstić information content (AvgIpc) is 3.09. The topological polar surface area (TPSA) is 76.1 Å². The molecule has 0 aliphatic heterocycles. The van der Waals surface area contributed by atoms with Crippen LogP contribution in [0.3, 0.4) is 0 Å². The van der Waals surface area contributed by atoms with Crippen LogP contribution in [0.25, 0.3) is 16.7 Å². The number of hydrogen-bond acceptors (Lipinski definition) is 5. The normalized spacial score (nSPS) is 10.7. The second-order valence-corrected chi connectivity index (χ2v) is 5.02. The molecule has 0 radical (unpaired) electrons. The minimum atomic E-state index is 0.417. The average molecular weight is 301 g/mol. The van der Waals surface area contributed by atoms with Gasteiger partial charge in [-0.1, -0.05) is 18.2 Å². The number of nitrogens with zero attached hydrogens (tertiary/aromatic N) is 5. The van der Waals surface area contributed by atoms with Crippen molar-refractivity contribution in [2.75, 3.05) is 0 Å². The lowest BCUT2D eigenvalue weighted by Gasteiger charge is -2.09. The van der Waals surface area contributed by atoms with Crippen molar-refractivity contribution >= 4 is 16.7 Å². The Morgan fingerprint density at radius 2 is 1.96 bits per heavy atom. The van der Waals surface area contributed by atoms with Crippen molar-refractivity contribution in [3.8, 4) is 11.8 Å².